The first-order chi connectivity index (χ1) is 14.7. The van der Waals surface area contributed by atoms with E-state index < -0.39 is 16.4 Å². The van der Waals surface area contributed by atoms with E-state index in [1.165, 1.54) is 24.3 Å². The second kappa shape index (κ2) is 9.62. The van der Waals surface area contributed by atoms with Crippen LogP contribution in [-0.4, -0.2) is 32.5 Å². The predicted molar refractivity (Wildman–Crippen MR) is 127 cm³/mol. The van der Waals surface area contributed by atoms with Crippen LogP contribution in [0.1, 0.15) is 77.8 Å². The summed E-state index contributed by atoms with van der Waals surface area (Å²) in [5.74, 6) is 0.318. The molecule has 0 saturated heterocycles. The molecule has 0 heterocycles. The Bertz CT molecular complexity index is 934. The van der Waals surface area contributed by atoms with Gasteiger partial charge in [-0.05, 0) is 76.1 Å². The van der Waals surface area contributed by atoms with Crippen LogP contribution in [0, 0.1) is 17.8 Å². The molecule has 2 rings (SSSR count). The maximum Gasteiger partial charge on any atom is 0.161 e. The third kappa shape index (κ3) is 6.10. The molecule has 5 nitrogen and oxygen atoms in total. The molecule has 0 unspecified atom stereocenters. The first kappa shape index (κ1) is 25.9. The van der Waals surface area contributed by atoms with E-state index in [-0.39, 0.29) is 29.5 Å². The molecule has 0 spiro atoms. The topological polar surface area (TPSA) is 94.8 Å². The zero-order valence-electron chi connectivity index (χ0n) is 20.3. The molecule has 1 fully saturated rings. The molecule has 3 N–H and O–H groups in total. The Morgan fingerprint density at radius 2 is 1.81 bits per heavy atom. The van der Waals surface area contributed by atoms with E-state index in [0.717, 1.165) is 24.8 Å². The quantitative estimate of drug-likeness (QED) is 0.273. The summed E-state index contributed by atoms with van der Waals surface area (Å²) in [7, 11) is 0. The van der Waals surface area contributed by atoms with Gasteiger partial charge in [-0.25, -0.2) is 0 Å². The first-order valence-corrected chi connectivity index (χ1v) is 11.3. The lowest BCUT2D eigenvalue weighted by Crippen LogP contribution is -2.40. The first-order valence-electron chi connectivity index (χ1n) is 11.3. The van der Waals surface area contributed by atoms with Crippen LogP contribution in [0.4, 0.5) is 0 Å². The molecule has 1 aromatic rings. The Kier molecular flexibility index (Phi) is 7.77. The van der Waals surface area contributed by atoms with Crippen LogP contribution in [0.15, 0.2) is 35.9 Å². The number of aryl methyl sites for hydroxylation is 1. The van der Waals surface area contributed by atoms with Crippen molar-refractivity contribution in [2.24, 2.45) is 10.8 Å². The van der Waals surface area contributed by atoms with Crippen LogP contribution in [0.25, 0.3) is 0 Å². The van der Waals surface area contributed by atoms with Gasteiger partial charge in [0, 0.05) is 23.8 Å². The highest BCUT2D eigenvalue weighted by Crippen LogP contribution is 2.55. The lowest BCUT2D eigenvalue weighted by atomic mass is 9.63. The van der Waals surface area contributed by atoms with Gasteiger partial charge in [-0.2, -0.15) is 0 Å². The summed E-state index contributed by atoms with van der Waals surface area (Å²) >= 11 is 0. The van der Waals surface area contributed by atoms with Crippen molar-refractivity contribution in [1.29, 1.82) is 0 Å². The van der Waals surface area contributed by atoms with Crippen molar-refractivity contribution < 1.29 is 24.9 Å². The maximum absolute atomic E-state index is 13.0. The Hall–Kier alpha value is -2.40. The molecule has 0 bridgehead atoms. The molecular formula is C27H38O5. The van der Waals surface area contributed by atoms with Gasteiger partial charge in [0.15, 0.2) is 5.78 Å². The highest BCUT2D eigenvalue weighted by molar-refractivity contribution is 5.96. The number of aromatic hydroxyl groups is 2. The van der Waals surface area contributed by atoms with E-state index in [4.69, 9.17) is 0 Å². The standard InChI is InChI=1S/C27H38O5/c1-18(8-9-20-16-21(28)15-19(2)24(20)31)14-22(29)17-26(5)11-7-12-27(26,6)23(30)10-13-25(3,4)32/h8,10,13,15-16,28,31-32H,7,9,11-12,14,17H2,1-6H3/b13-10-,18-8-/t26-,27+/m1/s1. The van der Waals surface area contributed by atoms with E-state index >= 15 is 0 Å². The van der Waals surface area contributed by atoms with Crippen molar-refractivity contribution in [3.8, 4) is 11.5 Å². The number of ketones is 2. The van der Waals surface area contributed by atoms with Crippen molar-refractivity contribution in [2.75, 3.05) is 0 Å². The molecule has 1 aliphatic rings. The van der Waals surface area contributed by atoms with Crippen LogP contribution in [0.5, 0.6) is 11.5 Å². The van der Waals surface area contributed by atoms with Gasteiger partial charge < -0.3 is 15.3 Å². The molecule has 5 heteroatoms. The highest BCUT2D eigenvalue weighted by Gasteiger charge is 2.52. The van der Waals surface area contributed by atoms with Crippen LogP contribution in [0.2, 0.25) is 0 Å². The summed E-state index contributed by atoms with van der Waals surface area (Å²) in [4.78, 5) is 25.9. The number of rotatable bonds is 9. The van der Waals surface area contributed by atoms with Gasteiger partial charge >= 0.3 is 0 Å². The number of allylic oxidation sites excluding steroid dienone is 3. The SMILES string of the molecule is C/C(=C/Cc1cc(O)cc(C)c1O)CC(=O)C[C@@]1(C)CCC[C@@]1(C)C(=O)/C=C\C(C)(C)O. The Labute approximate surface area is 191 Å². The molecule has 0 radical (unpaired) electrons. The maximum atomic E-state index is 13.0. The summed E-state index contributed by atoms with van der Waals surface area (Å²) in [6.45, 7) is 10.8. The van der Waals surface area contributed by atoms with Gasteiger partial charge in [-0.1, -0.05) is 38.0 Å². The number of Topliss-reactive ketones (excluding diaryl/α,β-unsaturated/α-hetero) is 1. The minimum absolute atomic E-state index is 0.0329. The zero-order valence-corrected chi connectivity index (χ0v) is 20.3. The van der Waals surface area contributed by atoms with Crippen molar-refractivity contribution in [3.05, 3.63) is 47.1 Å². The van der Waals surface area contributed by atoms with Gasteiger partial charge in [-0.3, -0.25) is 9.59 Å². The molecule has 176 valence electrons. The number of phenols is 2. The minimum Gasteiger partial charge on any atom is -0.508 e. The minimum atomic E-state index is -1.05. The molecular weight excluding hydrogens is 404 g/mol. The second-order valence-corrected chi connectivity index (χ2v) is 10.5. The Morgan fingerprint density at radius 3 is 2.44 bits per heavy atom. The third-order valence-electron chi connectivity index (χ3n) is 7.02. The summed E-state index contributed by atoms with van der Waals surface area (Å²) in [5.41, 5.74) is 0.0137. The van der Waals surface area contributed by atoms with Crippen LogP contribution in [0.3, 0.4) is 0 Å². The largest absolute Gasteiger partial charge is 0.508 e. The number of hydrogen-bond donors (Lipinski definition) is 3. The van der Waals surface area contributed by atoms with Gasteiger partial charge in [0.2, 0.25) is 0 Å². The zero-order chi connectivity index (χ0) is 24.3. The fourth-order valence-corrected chi connectivity index (χ4v) is 4.73. The van der Waals surface area contributed by atoms with Crippen LogP contribution < -0.4 is 0 Å². The van der Waals surface area contributed by atoms with E-state index in [1.54, 1.807) is 20.8 Å². The highest BCUT2D eigenvalue weighted by atomic mass is 16.3. The van der Waals surface area contributed by atoms with Gasteiger partial charge in [0.25, 0.3) is 0 Å². The average molecular weight is 443 g/mol. The third-order valence-corrected chi connectivity index (χ3v) is 7.02. The molecule has 1 saturated carbocycles. The number of aliphatic hydroxyl groups is 1. The lowest BCUT2D eigenvalue weighted by Gasteiger charge is -2.39. The molecule has 2 atom stereocenters. The van der Waals surface area contributed by atoms with Gasteiger partial charge in [-0.15, -0.1) is 0 Å². The smallest absolute Gasteiger partial charge is 0.161 e. The second-order valence-electron chi connectivity index (χ2n) is 10.5. The molecule has 32 heavy (non-hydrogen) atoms. The number of benzene rings is 1. The molecule has 1 aliphatic carbocycles. The molecule has 0 aromatic heterocycles. The van der Waals surface area contributed by atoms with E-state index in [9.17, 15) is 24.9 Å². The summed E-state index contributed by atoms with van der Waals surface area (Å²) in [6, 6.07) is 3.04. The predicted octanol–water partition coefficient (Wildman–Crippen LogP) is 5.34. The van der Waals surface area contributed by atoms with Gasteiger partial charge in [0.1, 0.15) is 17.3 Å². The van der Waals surface area contributed by atoms with E-state index in [2.05, 4.69) is 0 Å². The van der Waals surface area contributed by atoms with Crippen molar-refractivity contribution in [2.45, 2.75) is 85.7 Å². The lowest BCUT2D eigenvalue weighted by molar-refractivity contribution is -0.131. The Morgan fingerprint density at radius 1 is 1.16 bits per heavy atom. The normalized spacial score (nSPS) is 24.3. The summed E-state index contributed by atoms with van der Waals surface area (Å²) in [5, 5.41) is 29.9. The van der Waals surface area contributed by atoms with Gasteiger partial charge in [0.05, 0.1) is 5.60 Å². The number of hydrogen-bond acceptors (Lipinski definition) is 5. The van der Waals surface area contributed by atoms with Crippen molar-refractivity contribution in [1.82, 2.24) is 0 Å². The summed E-state index contributed by atoms with van der Waals surface area (Å²) in [6.07, 6.45) is 8.38. The Balaban J connectivity index is 2.08. The molecule has 1 aromatic carbocycles. The van der Waals surface area contributed by atoms with Crippen LogP contribution >= 0.6 is 0 Å². The average Bonchev–Trinajstić information content (AvgIpc) is 2.95. The summed E-state index contributed by atoms with van der Waals surface area (Å²) < 4.78 is 0. The monoisotopic (exact) mass is 442 g/mol. The fraction of sp³-hybridized carbons (Fsp3) is 0.556. The number of phenolic OH excluding ortho intramolecular Hbond substituents is 2. The fourth-order valence-electron chi connectivity index (χ4n) is 4.73. The van der Waals surface area contributed by atoms with Crippen molar-refractivity contribution in [3.63, 3.8) is 0 Å². The number of carbonyl (C=O) groups excluding carboxylic acids is 2. The van der Waals surface area contributed by atoms with E-state index in [1.807, 2.05) is 26.8 Å². The van der Waals surface area contributed by atoms with Crippen molar-refractivity contribution >= 4 is 11.6 Å². The van der Waals surface area contributed by atoms with Crippen LogP contribution in [-0.2, 0) is 16.0 Å². The molecule has 0 aliphatic heterocycles. The number of carbonyl (C=O) groups is 2. The van der Waals surface area contributed by atoms with E-state index in [0.29, 0.717) is 24.0 Å². The molecule has 0 amide bonds.